The van der Waals surface area contributed by atoms with Crippen LogP contribution in [0, 0.1) is 0 Å². The van der Waals surface area contributed by atoms with E-state index in [1.807, 2.05) is 0 Å². The van der Waals surface area contributed by atoms with Gasteiger partial charge in [-0.25, -0.2) is 9.97 Å². The topological polar surface area (TPSA) is 58.0 Å². The van der Waals surface area contributed by atoms with E-state index in [2.05, 4.69) is 31.2 Å². The highest BCUT2D eigenvalue weighted by Crippen LogP contribution is 2.16. The first kappa shape index (κ1) is 11.4. The first-order valence-corrected chi connectivity index (χ1v) is 5.44. The SMILES string of the molecule is OCCCCCNc1ncncc1Br. The fourth-order valence-electron chi connectivity index (χ4n) is 1.06. The molecule has 0 aromatic carbocycles. The van der Waals surface area contributed by atoms with Crippen molar-refractivity contribution in [3.8, 4) is 0 Å². The van der Waals surface area contributed by atoms with Gasteiger partial charge in [0.1, 0.15) is 12.1 Å². The van der Waals surface area contributed by atoms with Crippen molar-refractivity contribution in [2.75, 3.05) is 18.5 Å². The number of aromatic nitrogens is 2. The van der Waals surface area contributed by atoms with Gasteiger partial charge < -0.3 is 10.4 Å². The minimum Gasteiger partial charge on any atom is -0.396 e. The number of hydrogen-bond donors (Lipinski definition) is 2. The van der Waals surface area contributed by atoms with E-state index in [-0.39, 0.29) is 6.61 Å². The highest BCUT2D eigenvalue weighted by molar-refractivity contribution is 9.10. The van der Waals surface area contributed by atoms with Crippen molar-refractivity contribution in [3.63, 3.8) is 0 Å². The smallest absolute Gasteiger partial charge is 0.143 e. The molecule has 0 radical (unpaired) electrons. The first-order valence-electron chi connectivity index (χ1n) is 4.65. The number of halogens is 1. The number of nitrogens with zero attached hydrogens (tertiary/aromatic N) is 2. The quantitative estimate of drug-likeness (QED) is 0.766. The van der Waals surface area contributed by atoms with Crippen LogP contribution in [0.2, 0.25) is 0 Å². The average molecular weight is 260 g/mol. The molecule has 78 valence electrons. The van der Waals surface area contributed by atoms with Crippen LogP contribution in [0.4, 0.5) is 5.82 Å². The Balaban J connectivity index is 2.21. The zero-order chi connectivity index (χ0) is 10.2. The third-order valence-corrected chi connectivity index (χ3v) is 2.38. The Hall–Kier alpha value is -0.680. The molecule has 0 aliphatic heterocycles. The normalized spacial score (nSPS) is 10.1. The summed E-state index contributed by atoms with van der Waals surface area (Å²) in [5, 5.41) is 11.8. The van der Waals surface area contributed by atoms with Crippen LogP contribution < -0.4 is 5.32 Å². The van der Waals surface area contributed by atoms with Gasteiger partial charge in [0.25, 0.3) is 0 Å². The first-order chi connectivity index (χ1) is 6.84. The summed E-state index contributed by atoms with van der Waals surface area (Å²) in [6.07, 6.45) is 6.17. The van der Waals surface area contributed by atoms with Gasteiger partial charge in [0.2, 0.25) is 0 Å². The second kappa shape index (κ2) is 6.73. The zero-order valence-corrected chi connectivity index (χ0v) is 9.50. The molecular weight excluding hydrogens is 246 g/mol. The number of aliphatic hydroxyl groups excluding tert-OH is 1. The van der Waals surface area contributed by atoms with E-state index in [0.717, 1.165) is 36.1 Å². The number of unbranched alkanes of at least 4 members (excludes halogenated alkanes) is 2. The highest BCUT2D eigenvalue weighted by atomic mass is 79.9. The average Bonchev–Trinajstić information content (AvgIpc) is 2.20. The minimum atomic E-state index is 0.275. The Labute approximate surface area is 91.9 Å². The number of aliphatic hydroxyl groups is 1. The molecule has 0 fully saturated rings. The highest BCUT2D eigenvalue weighted by Gasteiger charge is 1.98. The van der Waals surface area contributed by atoms with Crippen molar-refractivity contribution in [1.82, 2.24) is 9.97 Å². The molecule has 1 rings (SSSR count). The predicted octanol–water partition coefficient (Wildman–Crippen LogP) is 1.81. The van der Waals surface area contributed by atoms with E-state index in [1.54, 1.807) is 6.20 Å². The Morgan fingerprint density at radius 3 is 2.93 bits per heavy atom. The van der Waals surface area contributed by atoms with E-state index in [1.165, 1.54) is 6.33 Å². The molecule has 1 aromatic rings. The summed E-state index contributed by atoms with van der Waals surface area (Å²) in [7, 11) is 0. The maximum atomic E-state index is 8.58. The fourth-order valence-corrected chi connectivity index (χ4v) is 1.42. The third-order valence-electron chi connectivity index (χ3n) is 1.79. The molecule has 2 N–H and O–H groups in total. The van der Waals surface area contributed by atoms with Crippen LogP contribution >= 0.6 is 15.9 Å². The molecule has 4 nitrogen and oxygen atoms in total. The predicted molar refractivity (Wildman–Crippen MR) is 59.2 cm³/mol. The van der Waals surface area contributed by atoms with Crippen LogP contribution in [0.15, 0.2) is 17.0 Å². The van der Waals surface area contributed by atoms with E-state index >= 15 is 0 Å². The minimum absolute atomic E-state index is 0.275. The summed E-state index contributed by atoms with van der Waals surface area (Å²) in [4.78, 5) is 7.95. The lowest BCUT2D eigenvalue weighted by Gasteiger charge is -2.05. The van der Waals surface area contributed by atoms with Gasteiger partial charge in [-0.1, -0.05) is 0 Å². The molecule has 0 spiro atoms. The van der Waals surface area contributed by atoms with Crippen molar-refractivity contribution in [2.24, 2.45) is 0 Å². The summed E-state index contributed by atoms with van der Waals surface area (Å²) in [6, 6.07) is 0. The lowest BCUT2D eigenvalue weighted by molar-refractivity contribution is 0.283. The summed E-state index contributed by atoms with van der Waals surface area (Å²) in [6.45, 7) is 1.15. The Morgan fingerprint density at radius 1 is 1.36 bits per heavy atom. The van der Waals surface area contributed by atoms with Gasteiger partial charge >= 0.3 is 0 Å². The van der Waals surface area contributed by atoms with Gasteiger partial charge in [-0.05, 0) is 35.2 Å². The van der Waals surface area contributed by atoms with Gasteiger partial charge in [0, 0.05) is 19.3 Å². The van der Waals surface area contributed by atoms with Crippen molar-refractivity contribution >= 4 is 21.7 Å². The van der Waals surface area contributed by atoms with Crippen LogP contribution in [0.1, 0.15) is 19.3 Å². The van der Waals surface area contributed by atoms with Crippen LogP contribution in [0.5, 0.6) is 0 Å². The molecule has 14 heavy (non-hydrogen) atoms. The summed E-state index contributed by atoms with van der Waals surface area (Å²) in [5.74, 6) is 0.823. The summed E-state index contributed by atoms with van der Waals surface area (Å²) < 4.78 is 0.877. The van der Waals surface area contributed by atoms with Crippen molar-refractivity contribution in [1.29, 1.82) is 0 Å². The second-order valence-electron chi connectivity index (χ2n) is 2.93. The Morgan fingerprint density at radius 2 is 2.21 bits per heavy atom. The van der Waals surface area contributed by atoms with Crippen molar-refractivity contribution in [2.45, 2.75) is 19.3 Å². The van der Waals surface area contributed by atoms with Crippen molar-refractivity contribution < 1.29 is 5.11 Å². The molecule has 0 amide bonds. The zero-order valence-electron chi connectivity index (χ0n) is 7.91. The van der Waals surface area contributed by atoms with Crippen LogP contribution in [-0.4, -0.2) is 28.2 Å². The Bertz CT molecular complexity index is 270. The lowest BCUT2D eigenvalue weighted by atomic mass is 10.2. The maximum Gasteiger partial charge on any atom is 0.143 e. The van der Waals surface area contributed by atoms with E-state index in [0.29, 0.717) is 0 Å². The number of hydrogen-bond acceptors (Lipinski definition) is 4. The van der Waals surface area contributed by atoms with Crippen LogP contribution in [0.25, 0.3) is 0 Å². The molecule has 0 bridgehead atoms. The Kier molecular flexibility index (Phi) is 5.47. The molecular formula is C9H14BrN3O. The number of rotatable bonds is 6. The molecule has 0 atom stereocenters. The second-order valence-corrected chi connectivity index (χ2v) is 3.78. The molecule has 1 aromatic heterocycles. The molecule has 0 aliphatic rings. The molecule has 0 aliphatic carbocycles. The van der Waals surface area contributed by atoms with Crippen LogP contribution in [-0.2, 0) is 0 Å². The van der Waals surface area contributed by atoms with Gasteiger partial charge in [-0.3, -0.25) is 0 Å². The fraction of sp³-hybridized carbons (Fsp3) is 0.556. The lowest BCUT2D eigenvalue weighted by Crippen LogP contribution is -2.04. The van der Waals surface area contributed by atoms with Gasteiger partial charge in [-0.2, -0.15) is 0 Å². The van der Waals surface area contributed by atoms with Gasteiger partial charge in [-0.15, -0.1) is 0 Å². The molecule has 0 saturated carbocycles. The monoisotopic (exact) mass is 259 g/mol. The van der Waals surface area contributed by atoms with Crippen LogP contribution in [0.3, 0.4) is 0 Å². The van der Waals surface area contributed by atoms with E-state index in [9.17, 15) is 0 Å². The number of anilines is 1. The van der Waals surface area contributed by atoms with E-state index < -0.39 is 0 Å². The van der Waals surface area contributed by atoms with E-state index in [4.69, 9.17) is 5.11 Å². The molecule has 1 heterocycles. The van der Waals surface area contributed by atoms with Crippen molar-refractivity contribution in [3.05, 3.63) is 17.0 Å². The van der Waals surface area contributed by atoms with Gasteiger partial charge in [0.15, 0.2) is 0 Å². The summed E-state index contributed by atoms with van der Waals surface area (Å²) in [5.41, 5.74) is 0. The number of nitrogens with one attached hydrogen (secondary N) is 1. The third kappa shape index (κ3) is 4.02. The maximum absolute atomic E-state index is 8.58. The largest absolute Gasteiger partial charge is 0.396 e. The molecule has 0 saturated heterocycles. The standard InChI is InChI=1S/C9H14BrN3O/c10-8-6-11-7-13-9(8)12-4-2-1-3-5-14/h6-7,14H,1-5H2,(H,11,12,13). The molecule has 0 unspecified atom stereocenters. The van der Waals surface area contributed by atoms with Gasteiger partial charge in [0.05, 0.1) is 4.47 Å². The summed E-state index contributed by atoms with van der Waals surface area (Å²) >= 11 is 3.35. The molecule has 5 heteroatoms.